The number of hydrogen-bond acceptors (Lipinski definition) is 4. The van der Waals surface area contributed by atoms with Crippen molar-refractivity contribution >= 4 is 17.3 Å². The summed E-state index contributed by atoms with van der Waals surface area (Å²) in [4.78, 5) is 21.9. The van der Waals surface area contributed by atoms with Gasteiger partial charge in [0.2, 0.25) is 0 Å². The molecule has 6 nitrogen and oxygen atoms in total. The predicted octanol–water partition coefficient (Wildman–Crippen LogP) is 2.00. The maximum absolute atomic E-state index is 11.7. The van der Waals surface area contributed by atoms with Crippen LogP contribution in [0.5, 0.6) is 0 Å². The van der Waals surface area contributed by atoms with Gasteiger partial charge in [-0.1, -0.05) is 6.92 Å². The minimum atomic E-state index is -1.45. The van der Waals surface area contributed by atoms with E-state index in [0.717, 1.165) is 0 Å². The molecule has 0 heterocycles. The average Bonchev–Trinajstić information content (AvgIpc) is 2.28. The number of nitro groups is 1. The highest BCUT2D eigenvalue weighted by atomic mass is 16.6. The van der Waals surface area contributed by atoms with Gasteiger partial charge < -0.3 is 10.4 Å². The minimum Gasteiger partial charge on any atom is -0.380 e. The highest BCUT2D eigenvalue weighted by molar-refractivity contribution is 5.96. The SMILES string of the molecule is CCC(C)(O)C(=O)Nc1ccc([N+](=O)[O-])c(C)c1. The van der Waals surface area contributed by atoms with Gasteiger partial charge in [0.05, 0.1) is 4.92 Å². The first-order chi connectivity index (χ1) is 8.27. The van der Waals surface area contributed by atoms with Crippen LogP contribution in [0.3, 0.4) is 0 Å². The maximum Gasteiger partial charge on any atom is 0.272 e. The van der Waals surface area contributed by atoms with Gasteiger partial charge in [-0.25, -0.2) is 0 Å². The fourth-order valence-electron chi connectivity index (χ4n) is 1.36. The molecule has 0 radical (unpaired) electrons. The molecular formula is C12H16N2O4. The van der Waals surface area contributed by atoms with Crippen LogP contribution in [0.1, 0.15) is 25.8 Å². The summed E-state index contributed by atoms with van der Waals surface area (Å²) in [6.45, 7) is 4.70. The van der Waals surface area contributed by atoms with Gasteiger partial charge in [-0.2, -0.15) is 0 Å². The van der Waals surface area contributed by atoms with Gasteiger partial charge in [-0.05, 0) is 32.4 Å². The van der Waals surface area contributed by atoms with Crippen LogP contribution in [-0.4, -0.2) is 21.5 Å². The standard InChI is InChI=1S/C12H16N2O4/c1-4-12(3,16)11(15)13-9-5-6-10(14(17)18)8(2)7-9/h5-7,16H,4H2,1-3H3,(H,13,15). The van der Waals surface area contributed by atoms with E-state index in [0.29, 0.717) is 11.3 Å². The average molecular weight is 252 g/mol. The molecule has 1 aromatic rings. The van der Waals surface area contributed by atoms with Crippen molar-refractivity contribution < 1.29 is 14.8 Å². The van der Waals surface area contributed by atoms with E-state index in [4.69, 9.17) is 0 Å². The number of carbonyl (C=O) groups is 1. The Hall–Kier alpha value is -1.95. The molecule has 0 spiro atoms. The van der Waals surface area contributed by atoms with Crippen molar-refractivity contribution in [2.45, 2.75) is 32.8 Å². The van der Waals surface area contributed by atoms with Gasteiger partial charge in [0.15, 0.2) is 0 Å². The normalized spacial score (nSPS) is 13.8. The Morgan fingerprint density at radius 1 is 1.56 bits per heavy atom. The number of benzene rings is 1. The Bertz CT molecular complexity index is 483. The smallest absolute Gasteiger partial charge is 0.272 e. The molecule has 0 aliphatic heterocycles. The van der Waals surface area contributed by atoms with E-state index < -0.39 is 16.4 Å². The molecule has 18 heavy (non-hydrogen) atoms. The monoisotopic (exact) mass is 252 g/mol. The van der Waals surface area contributed by atoms with E-state index in [2.05, 4.69) is 5.32 Å². The Kier molecular flexibility index (Phi) is 4.03. The Morgan fingerprint density at radius 2 is 2.17 bits per heavy atom. The number of carbonyl (C=O) groups excluding carboxylic acids is 1. The number of nitrogens with zero attached hydrogens (tertiary/aromatic N) is 1. The molecule has 0 fully saturated rings. The number of rotatable bonds is 4. The van der Waals surface area contributed by atoms with Crippen LogP contribution >= 0.6 is 0 Å². The number of nitro benzene ring substituents is 1. The van der Waals surface area contributed by atoms with Crippen molar-refractivity contribution in [3.63, 3.8) is 0 Å². The third kappa shape index (κ3) is 3.04. The maximum atomic E-state index is 11.7. The molecule has 0 saturated carbocycles. The summed E-state index contributed by atoms with van der Waals surface area (Å²) < 4.78 is 0. The third-order valence-electron chi connectivity index (χ3n) is 2.83. The van der Waals surface area contributed by atoms with E-state index in [-0.39, 0.29) is 12.1 Å². The van der Waals surface area contributed by atoms with Gasteiger partial charge in [0.25, 0.3) is 11.6 Å². The number of aliphatic hydroxyl groups is 1. The van der Waals surface area contributed by atoms with Crippen molar-refractivity contribution in [2.24, 2.45) is 0 Å². The van der Waals surface area contributed by atoms with Crippen LogP contribution in [0.15, 0.2) is 18.2 Å². The largest absolute Gasteiger partial charge is 0.380 e. The lowest BCUT2D eigenvalue weighted by atomic mass is 10.0. The summed E-state index contributed by atoms with van der Waals surface area (Å²) in [6.07, 6.45) is 0.283. The van der Waals surface area contributed by atoms with E-state index in [1.807, 2.05) is 0 Å². The molecule has 1 rings (SSSR count). The van der Waals surface area contributed by atoms with E-state index in [9.17, 15) is 20.0 Å². The molecule has 0 bridgehead atoms. The fourth-order valence-corrected chi connectivity index (χ4v) is 1.36. The summed E-state index contributed by atoms with van der Waals surface area (Å²) in [6, 6.07) is 4.27. The van der Waals surface area contributed by atoms with Gasteiger partial charge >= 0.3 is 0 Å². The van der Waals surface area contributed by atoms with Crippen LogP contribution in [0.2, 0.25) is 0 Å². The number of aryl methyl sites for hydroxylation is 1. The van der Waals surface area contributed by atoms with Crippen LogP contribution in [0.25, 0.3) is 0 Å². The highest BCUT2D eigenvalue weighted by Crippen LogP contribution is 2.22. The lowest BCUT2D eigenvalue weighted by Crippen LogP contribution is -2.39. The zero-order chi connectivity index (χ0) is 13.9. The molecule has 0 aliphatic rings. The second-order valence-corrected chi connectivity index (χ2v) is 4.34. The Balaban J connectivity index is 2.91. The molecule has 1 aromatic carbocycles. The quantitative estimate of drug-likeness (QED) is 0.633. The van der Waals surface area contributed by atoms with Crippen LogP contribution in [-0.2, 0) is 4.79 Å². The second-order valence-electron chi connectivity index (χ2n) is 4.34. The molecule has 1 unspecified atom stereocenters. The molecule has 0 saturated heterocycles. The Labute approximate surface area is 105 Å². The van der Waals surface area contributed by atoms with Gasteiger partial charge in [0.1, 0.15) is 5.60 Å². The first kappa shape index (κ1) is 14.1. The number of hydrogen-bond donors (Lipinski definition) is 2. The first-order valence-corrected chi connectivity index (χ1v) is 5.57. The summed E-state index contributed by atoms with van der Waals surface area (Å²) in [5, 5.41) is 22.9. The third-order valence-corrected chi connectivity index (χ3v) is 2.83. The zero-order valence-electron chi connectivity index (χ0n) is 10.6. The predicted molar refractivity (Wildman–Crippen MR) is 67.4 cm³/mol. The Morgan fingerprint density at radius 3 is 2.61 bits per heavy atom. The van der Waals surface area contributed by atoms with Crippen LogP contribution in [0.4, 0.5) is 11.4 Å². The van der Waals surface area contributed by atoms with Gasteiger partial charge in [0, 0.05) is 17.3 Å². The van der Waals surface area contributed by atoms with E-state index in [1.54, 1.807) is 13.8 Å². The molecule has 0 aliphatic carbocycles. The molecule has 98 valence electrons. The van der Waals surface area contributed by atoms with Gasteiger partial charge in [-0.3, -0.25) is 14.9 Å². The lowest BCUT2D eigenvalue weighted by Gasteiger charge is -2.20. The molecule has 2 N–H and O–H groups in total. The minimum absolute atomic E-state index is 0.00440. The van der Waals surface area contributed by atoms with Gasteiger partial charge in [-0.15, -0.1) is 0 Å². The van der Waals surface area contributed by atoms with Crippen molar-refractivity contribution in [3.05, 3.63) is 33.9 Å². The summed E-state index contributed by atoms with van der Waals surface area (Å²) in [5.74, 6) is -0.529. The number of nitrogens with one attached hydrogen (secondary N) is 1. The van der Waals surface area contributed by atoms with E-state index in [1.165, 1.54) is 25.1 Å². The molecule has 1 atom stereocenters. The molecular weight excluding hydrogens is 236 g/mol. The summed E-state index contributed by atoms with van der Waals surface area (Å²) >= 11 is 0. The molecule has 6 heteroatoms. The first-order valence-electron chi connectivity index (χ1n) is 5.57. The van der Waals surface area contributed by atoms with Crippen molar-refractivity contribution in [3.8, 4) is 0 Å². The zero-order valence-corrected chi connectivity index (χ0v) is 10.6. The van der Waals surface area contributed by atoms with Crippen LogP contribution in [0, 0.1) is 17.0 Å². The van der Waals surface area contributed by atoms with E-state index >= 15 is 0 Å². The fraction of sp³-hybridized carbons (Fsp3) is 0.417. The van der Waals surface area contributed by atoms with Crippen molar-refractivity contribution in [1.29, 1.82) is 0 Å². The van der Waals surface area contributed by atoms with Crippen LogP contribution < -0.4 is 5.32 Å². The van der Waals surface area contributed by atoms with Crippen molar-refractivity contribution in [2.75, 3.05) is 5.32 Å². The number of anilines is 1. The summed E-state index contributed by atoms with van der Waals surface area (Å²) in [7, 11) is 0. The molecule has 1 amide bonds. The highest BCUT2D eigenvalue weighted by Gasteiger charge is 2.28. The topological polar surface area (TPSA) is 92.5 Å². The summed E-state index contributed by atoms with van der Waals surface area (Å²) in [5.41, 5.74) is -0.573. The lowest BCUT2D eigenvalue weighted by molar-refractivity contribution is -0.385. The van der Waals surface area contributed by atoms with Crippen molar-refractivity contribution in [1.82, 2.24) is 0 Å². The molecule has 0 aromatic heterocycles. The number of amides is 1. The second kappa shape index (κ2) is 5.14.